The van der Waals surface area contributed by atoms with Gasteiger partial charge in [0.15, 0.2) is 0 Å². The van der Waals surface area contributed by atoms with Crippen molar-refractivity contribution in [2.75, 3.05) is 0 Å². The molecule has 1 aliphatic rings. The average Bonchev–Trinajstić information content (AvgIpc) is 2.33. The Bertz CT molecular complexity index is 625. The molecule has 1 saturated carbocycles. The summed E-state index contributed by atoms with van der Waals surface area (Å²) in [5, 5.41) is 8.91. The molecule has 2 rings (SSSR count). The lowest BCUT2D eigenvalue weighted by Gasteiger charge is -2.56. The number of benzene rings is 1. The van der Waals surface area contributed by atoms with E-state index in [0.29, 0.717) is 0 Å². The molecule has 0 N–H and O–H groups in total. The van der Waals surface area contributed by atoms with Gasteiger partial charge in [0.05, 0.1) is 17.2 Å². The van der Waals surface area contributed by atoms with E-state index in [1.807, 2.05) is 27.7 Å². The van der Waals surface area contributed by atoms with Crippen LogP contribution in [0.15, 0.2) is 12.1 Å². The summed E-state index contributed by atoms with van der Waals surface area (Å²) in [7, 11) is 0. The molecular weight excluding hydrogens is 291 g/mol. The molecule has 0 bridgehead atoms. The SMILES string of the molecule is Cc1c(OC2C(C)(C)CC2(C)C)ccc(C#N)c1C(F)(F)F. The molecule has 5 heteroatoms. The van der Waals surface area contributed by atoms with Crippen LogP contribution in [0.4, 0.5) is 13.2 Å². The summed E-state index contributed by atoms with van der Waals surface area (Å²) < 4.78 is 45.6. The molecule has 0 saturated heterocycles. The van der Waals surface area contributed by atoms with Crippen molar-refractivity contribution >= 4 is 0 Å². The first-order valence-electron chi connectivity index (χ1n) is 7.18. The number of nitriles is 1. The van der Waals surface area contributed by atoms with Crippen LogP contribution < -0.4 is 4.74 Å². The fourth-order valence-electron chi connectivity index (χ4n) is 4.01. The predicted octanol–water partition coefficient (Wildman–Crippen LogP) is 5.09. The number of alkyl halides is 3. The van der Waals surface area contributed by atoms with Gasteiger partial charge >= 0.3 is 6.18 Å². The molecule has 0 spiro atoms. The van der Waals surface area contributed by atoms with Crippen LogP contribution in [0.25, 0.3) is 0 Å². The number of halogens is 3. The molecule has 1 aromatic rings. The van der Waals surface area contributed by atoms with Gasteiger partial charge in [-0.15, -0.1) is 0 Å². The quantitative estimate of drug-likeness (QED) is 0.762. The van der Waals surface area contributed by atoms with Gasteiger partial charge < -0.3 is 4.74 Å². The van der Waals surface area contributed by atoms with Crippen molar-refractivity contribution in [2.24, 2.45) is 10.8 Å². The normalized spacial score (nSPS) is 20.1. The second kappa shape index (κ2) is 4.91. The van der Waals surface area contributed by atoms with E-state index in [-0.39, 0.29) is 33.8 Å². The first-order valence-corrected chi connectivity index (χ1v) is 7.18. The number of rotatable bonds is 2. The molecule has 0 amide bonds. The molecular formula is C17H20F3NO. The van der Waals surface area contributed by atoms with Crippen molar-refractivity contribution in [3.8, 4) is 11.8 Å². The Morgan fingerprint density at radius 2 is 1.73 bits per heavy atom. The van der Waals surface area contributed by atoms with E-state index in [4.69, 9.17) is 10.00 Å². The van der Waals surface area contributed by atoms with Crippen LogP contribution in [-0.4, -0.2) is 6.10 Å². The summed E-state index contributed by atoms with van der Waals surface area (Å²) >= 11 is 0. The highest BCUT2D eigenvalue weighted by atomic mass is 19.4. The second-order valence-corrected chi connectivity index (χ2v) is 7.37. The molecule has 0 radical (unpaired) electrons. The van der Waals surface area contributed by atoms with Crippen LogP contribution >= 0.6 is 0 Å². The first-order chi connectivity index (χ1) is 9.90. The Morgan fingerprint density at radius 1 is 1.18 bits per heavy atom. The molecule has 0 aromatic heterocycles. The molecule has 0 aliphatic heterocycles. The van der Waals surface area contributed by atoms with Gasteiger partial charge in [-0.1, -0.05) is 27.7 Å². The standard InChI is InChI=1S/C17H20F3NO/c1-10-12(22-14-15(2,3)9-16(14,4)5)7-6-11(8-21)13(10)17(18,19)20/h6-7,14H,9H2,1-5H3. The first kappa shape index (κ1) is 16.7. The van der Waals surface area contributed by atoms with Crippen molar-refractivity contribution < 1.29 is 17.9 Å². The molecule has 22 heavy (non-hydrogen) atoms. The molecule has 1 aliphatic carbocycles. The van der Waals surface area contributed by atoms with Crippen LogP contribution in [0.1, 0.15) is 50.8 Å². The number of nitrogens with zero attached hydrogens (tertiary/aromatic N) is 1. The summed E-state index contributed by atoms with van der Waals surface area (Å²) in [6, 6.07) is 4.26. The summed E-state index contributed by atoms with van der Waals surface area (Å²) in [6.07, 6.45) is -3.78. The summed E-state index contributed by atoms with van der Waals surface area (Å²) in [5.41, 5.74) is -1.46. The van der Waals surface area contributed by atoms with Gasteiger partial charge in [0, 0.05) is 16.4 Å². The summed E-state index contributed by atoms with van der Waals surface area (Å²) in [4.78, 5) is 0. The molecule has 1 aromatic carbocycles. The number of hydrogen-bond acceptors (Lipinski definition) is 2. The molecule has 2 nitrogen and oxygen atoms in total. The van der Waals surface area contributed by atoms with Crippen LogP contribution in [0, 0.1) is 29.1 Å². The minimum Gasteiger partial charge on any atom is -0.489 e. The van der Waals surface area contributed by atoms with Gasteiger partial charge in [0.1, 0.15) is 11.9 Å². The van der Waals surface area contributed by atoms with E-state index in [1.165, 1.54) is 19.1 Å². The molecule has 120 valence electrons. The predicted molar refractivity (Wildman–Crippen MR) is 77.5 cm³/mol. The van der Waals surface area contributed by atoms with E-state index >= 15 is 0 Å². The van der Waals surface area contributed by atoms with E-state index in [0.717, 1.165) is 6.42 Å². The zero-order valence-corrected chi connectivity index (χ0v) is 13.4. The van der Waals surface area contributed by atoms with Gasteiger partial charge in [-0.2, -0.15) is 18.4 Å². The fourth-order valence-corrected chi connectivity index (χ4v) is 4.01. The largest absolute Gasteiger partial charge is 0.489 e. The van der Waals surface area contributed by atoms with Gasteiger partial charge in [-0.3, -0.25) is 0 Å². The Hall–Kier alpha value is -1.70. The zero-order valence-electron chi connectivity index (χ0n) is 13.4. The van der Waals surface area contributed by atoms with Crippen molar-refractivity contribution in [2.45, 2.75) is 53.3 Å². The summed E-state index contributed by atoms with van der Waals surface area (Å²) in [6.45, 7) is 9.55. The van der Waals surface area contributed by atoms with Gasteiger partial charge in [-0.05, 0) is 25.5 Å². The topological polar surface area (TPSA) is 33.0 Å². The summed E-state index contributed by atoms with van der Waals surface area (Å²) in [5.74, 6) is 0.206. The maximum Gasteiger partial charge on any atom is 0.418 e. The van der Waals surface area contributed by atoms with Crippen molar-refractivity contribution in [3.05, 3.63) is 28.8 Å². The van der Waals surface area contributed by atoms with Crippen molar-refractivity contribution in [1.82, 2.24) is 0 Å². The van der Waals surface area contributed by atoms with Crippen molar-refractivity contribution in [1.29, 1.82) is 5.26 Å². The van der Waals surface area contributed by atoms with Crippen LogP contribution in [-0.2, 0) is 6.18 Å². The van der Waals surface area contributed by atoms with Crippen molar-refractivity contribution in [3.63, 3.8) is 0 Å². The Kier molecular flexibility index (Phi) is 3.72. The molecule has 0 heterocycles. The maximum atomic E-state index is 13.2. The average molecular weight is 311 g/mol. The van der Waals surface area contributed by atoms with Gasteiger partial charge in [0.2, 0.25) is 0 Å². The van der Waals surface area contributed by atoms with Crippen LogP contribution in [0.3, 0.4) is 0 Å². The van der Waals surface area contributed by atoms with Crippen LogP contribution in [0.2, 0.25) is 0 Å². The smallest absolute Gasteiger partial charge is 0.418 e. The fraction of sp³-hybridized carbons (Fsp3) is 0.588. The second-order valence-electron chi connectivity index (χ2n) is 7.37. The third-order valence-electron chi connectivity index (χ3n) is 4.39. The lowest BCUT2D eigenvalue weighted by molar-refractivity contribution is -0.141. The van der Waals surface area contributed by atoms with E-state index in [2.05, 4.69) is 0 Å². The zero-order chi connectivity index (χ0) is 16.9. The highest BCUT2D eigenvalue weighted by Gasteiger charge is 2.55. The van der Waals surface area contributed by atoms with Gasteiger partial charge in [-0.25, -0.2) is 0 Å². The lowest BCUT2D eigenvalue weighted by atomic mass is 9.53. The highest BCUT2D eigenvalue weighted by molar-refractivity contribution is 5.51. The van der Waals surface area contributed by atoms with E-state index in [1.54, 1.807) is 6.07 Å². The Balaban J connectivity index is 2.45. The molecule has 0 unspecified atom stereocenters. The number of hydrogen-bond donors (Lipinski definition) is 0. The third kappa shape index (κ3) is 2.67. The van der Waals surface area contributed by atoms with Gasteiger partial charge in [0.25, 0.3) is 0 Å². The monoisotopic (exact) mass is 311 g/mol. The van der Waals surface area contributed by atoms with E-state index < -0.39 is 11.7 Å². The maximum absolute atomic E-state index is 13.2. The minimum absolute atomic E-state index is 0.0231. The highest BCUT2D eigenvalue weighted by Crippen LogP contribution is 2.55. The van der Waals surface area contributed by atoms with Crippen LogP contribution in [0.5, 0.6) is 5.75 Å². The minimum atomic E-state index is -4.57. The molecule has 1 fully saturated rings. The third-order valence-corrected chi connectivity index (χ3v) is 4.39. The lowest BCUT2D eigenvalue weighted by Crippen LogP contribution is -2.58. The number of ether oxygens (including phenoxy) is 1. The molecule has 0 atom stereocenters. The Morgan fingerprint density at radius 3 is 2.14 bits per heavy atom. The Labute approximate surface area is 128 Å². The van der Waals surface area contributed by atoms with E-state index in [9.17, 15) is 13.2 Å².